The first kappa shape index (κ1) is 3.97. The molecule has 1 rings (SSSR count). The Morgan fingerprint density at radius 3 is 2.62 bits per heavy atom. The van der Waals surface area contributed by atoms with Gasteiger partial charge in [0.25, 0.3) is 0 Å². The number of hydrogen-bond acceptors (Lipinski definition) is 1. The average molecular weight is 183 g/mol. The third kappa shape index (κ3) is 3.90. The van der Waals surface area contributed by atoms with Crippen LogP contribution in [0.5, 0.6) is 0 Å². The first-order valence-electron chi connectivity index (χ1n) is 7.34. The van der Waals surface area contributed by atoms with Crippen molar-refractivity contribution in [3.63, 3.8) is 0 Å². The lowest BCUT2D eigenvalue weighted by Gasteiger charge is -2.09. The zero-order valence-corrected chi connectivity index (χ0v) is 7.37. The van der Waals surface area contributed by atoms with Crippen LogP contribution in [0, 0.1) is 6.92 Å². The van der Waals surface area contributed by atoms with Crippen LogP contribution in [0.25, 0.3) is 6.08 Å². The van der Waals surface area contributed by atoms with Gasteiger partial charge in [0.2, 0.25) is 1.43 Å². The van der Waals surface area contributed by atoms with Gasteiger partial charge in [-0.3, -0.25) is 0 Å². The molecule has 0 radical (unpaired) electrons. The lowest BCUT2D eigenvalue weighted by molar-refractivity contribution is 0.134. The lowest BCUT2D eigenvalue weighted by Crippen LogP contribution is -2.13. The molecule has 1 aromatic carbocycles. The Bertz CT molecular complexity index is 456. The molecule has 0 amide bonds. The van der Waals surface area contributed by atoms with Crippen molar-refractivity contribution < 1.29 is 13.3 Å². The minimum absolute atomic E-state index is 0.630. The molecule has 0 aliphatic carbocycles. The van der Waals surface area contributed by atoms with Gasteiger partial charge in [0, 0.05) is 8.22 Å². The van der Waals surface area contributed by atoms with E-state index >= 15 is 0 Å². The number of benzene rings is 1. The van der Waals surface area contributed by atoms with Crippen LogP contribution in [0.4, 0.5) is 0 Å². The third-order valence-corrected chi connectivity index (χ3v) is 1.59. The molecule has 0 aliphatic heterocycles. The summed E-state index contributed by atoms with van der Waals surface area (Å²) < 4.78 is 51.2. The smallest absolute Gasteiger partial charge is 0.211 e. The standard InChI is InChI=1S/C12H16O/c1-10-4-6-11(7-5-10)8-9-12(2,3)13/h4-9,13H,1-3H3/b9-8+/i2D3,3D3,13D. The van der Waals surface area contributed by atoms with E-state index in [0.717, 1.165) is 11.6 Å². The molecule has 1 nitrogen and oxygen atoms in total. The largest absolute Gasteiger partial charge is 0.386 e. The highest BCUT2D eigenvalue weighted by atomic mass is 16.3. The molecule has 1 heteroatoms. The number of rotatable bonds is 3. The second kappa shape index (κ2) is 3.75. The van der Waals surface area contributed by atoms with E-state index in [1.807, 2.05) is 19.1 Å². The summed E-state index contributed by atoms with van der Waals surface area (Å²) in [5.41, 5.74) is -0.993. The Hall–Kier alpha value is -1.08. The van der Waals surface area contributed by atoms with E-state index in [2.05, 4.69) is 5.11 Å². The van der Waals surface area contributed by atoms with Crippen molar-refractivity contribution >= 4 is 6.08 Å². The Morgan fingerprint density at radius 1 is 1.38 bits per heavy atom. The summed E-state index contributed by atoms with van der Waals surface area (Å²) in [5.74, 6) is 0. The molecule has 0 fully saturated rings. The van der Waals surface area contributed by atoms with Gasteiger partial charge in [0.05, 0.1) is 5.60 Å². The zero-order valence-electron chi connectivity index (χ0n) is 14.4. The molecule has 0 atom stereocenters. The fourth-order valence-corrected chi connectivity index (χ4v) is 0.891. The highest BCUT2D eigenvalue weighted by Gasteiger charge is 2.05. The van der Waals surface area contributed by atoms with E-state index in [0.29, 0.717) is 5.56 Å². The third-order valence-electron chi connectivity index (χ3n) is 1.59. The summed E-state index contributed by atoms with van der Waals surface area (Å²) in [5, 5.41) is 4.15. The maximum absolute atomic E-state index is 7.37. The van der Waals surface area contributed by atoms with Gasteiger partial charge in [0.1, 0.15) is 0 Å². The van der Waals surface area contributed by atoms with Crippen molar-refractivity contribution in [1.82, 2.24) is 0 Å². The molecule has 0 saturated heterocycles. The average Bonchev–Trinajstić information content (AvgIpc) is 2.29. The molecule has 0 saturated carbocycles. The Labute approximate surface area is 89.6 Å². The Kier molecular flexibility index (Phi) is 1.15. The topological polar surface area (TPSA) is 20.2 Å². The molecule has 70 valence electrons. The molecular weight excluding hydrogens is 160 g/mol. The molecular formula is C12H16O. The molecule has 0 aromatic heterocycles. The molecule has 1 N–H and O–H groups in total. The van der Waals surface area contributed by atoms with Gasteiger partial charge in [-0.15, -0.1) is 0 Å². The summed E-state index contributed by atoms with van der Waals surface area (Å²) in [7, 11) is 0. The van der Waals surface area contributed by atoms with E-state index < -0.39 is 19.3 Å². The summed E-state index contributed by atoms with van der Waals surface area (Å²) in [6.07, 6.45) is 2.26. The summed E-state index contributed by atoms with van der Waals surface area (Å²) in [6.45, 7) is -4.07. The summed E-state index contributed by atoms with van der Waals surface area (Å²) >= 11 is 0. The highest BCUT2D eigenvalue weighted by Crippen LogP contribution is 2.09. The van der Waals surface area contributed by atoms with E-state index in [9.17, 15) is 0 Å². The quantitative estimate of drug-likeness (QED) is 0.764. The second-order valence-electron chi connectivity index (χ2n) is 2.98. The van der Waals surface area contributed by atoms with Crippen LogP contribution in [0.1, 0.15) is 33.1 Å². The molecule has 0 unspecified atom stereocenters. The lowest BCUT2D eigenvalue weighted by atomic mass is 10.1. The Balaban J connectivity index is 3.23. The van der Waals surface area contributed by atoms with E-state index in [1.54, 1.807) is 12.1 Å². The van der Waals surface area contributed by atoms with Crippen molar-refractivity contribution in [2.45, 2.75) is 26.2 Å². The highest BCUT2D eigenvalue weighted by molar-refractivity contribution is 5.50. The fraction of sp³-hybridized carbons (Fsp3) is 0.333. The predicted octanol–water partition coefficient (Wildman–Crippen LogP) is 2.78. The van der Waals surface area contributed by atoms with E-state index in [4.69, 9.17) is 9.66 Å². The number of aliphatic hydroxyl groups is 1. The minimum atomic E-state index is -2.98. The summed E-state index contributed by atoms with van der Waals surface area (Å²) in [6, 6.07) is 7.07. The monoisotopic (exact) mass is 183 g/mol. The van der Waals surface area contributed by atoms with Crippen LogP contribution in [0.15, 0.2) is 30.3 Å². The summed E-state index contributed by atoms with van der Waals surface area (Å²) in [4.78, 5) is 0. The van der Waals surface area contributed by atoms with Gasteiger partial charge in [-0.1, -0.05) is 42.0 Å². The molecule has 0 aliphatic rings. The van der Waals surface area contributed by atoms with Crippen LogP contribution >= 0.6 is 0 Å². The van der Waals surface area contributed by atoms with Gasteiger partial charge in [-0.05, 0) is 26.2 Å². The number of aryl methyl sites for hydroxylation is 1. The normalized spacial score (nSPS) is 22.1. The molecule has 13 heavy (non-hydrogen) atoms. The maximum atomic E-state index is 7.37. The van der Waals surface area contributed by atoms with Crippen LogP contribution in [-0.2, 0) is 0 Å². The SMILES string of the molecule is [2H]OC(/C=C/c1ccc(C)cc1)(C([2H])([2H])[2H])C([2H])([2H])[2H]. The predicted molar refractivity (Wildman–Crippen MR) is 56.5 cm³/mol. The Morgan fingerprint density at radius 2 is 2.08 bits per heavy atom. The van der Waals surface area contributed by atoms with Crippen molar-refractivity contribution in [3.05, 3.63) is 41.5 Å². The van der Waals surface area contributed by atoms with Gasteiger partial charge in [0.15, 0.2) is 0 Å². The van der Waals surface area contributed by atoms with E-state index in [1.165, 1.54) is 6.08 Å². The van der Waals surface area contributed by atoms with Crippen molar-refractivity contribution in [3.8, 4) is 0 Å². The van der Waals surface area contributed by atoms with Crippen LogP contribution in [0.2, 0.25) is 0 Å². The second-order valence-corrected chi connectivity index (χ2v) is 2.98. The van der Waals surface area contributed by atoms with Gasteiger partial charge < -0.3 is 5.11 Å². The molecule has 0 bridgehead atoms. The van der Waals surface area contributed by atoms with Crippen LogP contribution in [-0.4, -0.2) is 12.1 Å². The number of hydrogen-bond donors (Lipinski definition) is 1. The van der Waals surface area contributed by atoms with E-state index in [-0.39, 0.29) is 0 Å². The van der Waals surface area contributed by atoms with Crippen LogP contribution in [0.3, 0.4) is 0 Å². The minimum Gasteiger partial charge on any atom is -0.386 e. The van der Waals surface area contributed by atoms with Gasteiger partial charge >= 0.3 is 0 Å². The first-order chi connectivity index (χ1) is 9.03. The van der Waals surface area contributed by atoms with Crippen molar-refractivity contribution in [2.24, 2.45) is 0 Å². The van der Waals surface area contributed by atoms with Gasteiger partial charge in [-0.25, -0.2) is 0 Å². The molecule has 0 heterocycles. The molecule has 0 spiro atoms. The van der Waals surface area contributed by atoms with Gasteiger partial charge in [-0.2, -0.15) is 0 Å². The van der Waals surface area contributed by atoms with Crippen LogP contribution < -0.4 is 0 Å². The first-order valence-corrected chi connectivity index (χ1v) is 3.94. The zero-order chi connectivity index (χ0) is 15.6. The van der Waals surface area contributed by atoms with Crippen molar-refractivity contribution in [1.29, 1.82) is 1.43 Å². The maximum Gasteiger partial charge on any atom is 0.211 e. The fourth-order valence-electron chi connectivity index (χ4n) is 0.891. The molecule has 1 aromatic rings. The van der Waals surface area contributed by atoms with Crippen molar-refractivity contribution in [2.75, 3.05) is 0 Å².